The zero-order valence-electron chi connectivity index (χ0n) is 9.03. The molecule has 1 aromatic rings. The van der Waals surface area contributed by atoms with E-state index in [4.69, 9.17) is 4.74 Å². The normalized spacial score (nSPS) is 17.7. The first-order valence-electron chi connectivity index (χ1n) is 5.46. The molecule has 0 N–H and O–H groups in total. The molecule has 0 amide bonds. The van der Waals surface area contributed by atoms with Gasteiger partial charge in [-0.2, -0.15) is 0 Å². The van der Waals surface area contributed by atoms with Crippen LogP contribution in [0.5, 0.6) is 0 Å². The van der Waals surface area contributed by atoms with Crippen molar-refractivity contribution in [2.24, 2.45) is 0 Å². The number of Topliss-reactive ketones (excluding diaryl/α,β-unsaturated/α-hetero) is 1. The van der Waals surface area contributed by atoms with Crippen molar-refractivity contribution in [3.8, 4) is 0 Å². The van der Waals surface area contributed by atoms with Crippen LogP contribution in [-0.2, 0) is 4.74 Å². The molecule has 1 fully saturated rings. The minimum Gasteiger partial charge on any atom is -0.381 e. The van der Waals surface area contributed by atoms with E-state index in [9.17, 15) is 4.79 Å². The Morgan fingerprint density at radius 2 is 1.80 bits per heavy atom. The lowest BCUT2D eigenvalue weighted by Gasteiger charge is -2.22. The third-order valence-electron chi connectivity index (χ3n) is 3.01. The lowest BCUT2D eigenvalue weighted by molar-refractivity contribution is 0.0853. The average molecular weight is 204 g/mol. The van der Waals surface area contributed by atoms with E-state index in [1.807, 2.05) is 12.1 Å². The summed E-state index contributed by atoms with van der Waals surface area (Å²) in [6.07, 6.45) is 2.19. The minimum absolute atomic E-state index is 0.133. The summed E-state index contributed by atoms with van der Waals surface area (Å²) in [5.74, 6) is 0.744. The van der Waals surface area contributed by atoms with Gasteiger partial charge < -0.3 is 4.74 Å². The first-order valence-corrected chi connectivity index (χ1v) is 5.46. The molecule has 0 spiro atoms. The Morgan fingerprint density at radius 1 is 1.20 bits per heavy atom. The van der Waals surface area contributed by atoms with Gasteiger partial charge in [0.1, 0.15) is 0 Å². The van der Waals surface area contributed by atoms with E-state index in [-0.39, 0.29) is 5.78 Å². The predicted octanol–water partition coefficient (Wildman–Crippen LogP) is 2.78. The van der Waals surface area contributed by atoms with Crippen LogP contribution in [0.1, 0.15) is 41.6 Å². The number of hydrogen-bond donors (Lipinski definition) is 0. The Kier molecular flexibility index (Phi) is 3.17. The van der Waals surface area contributed by atoms with Crippen LogP contribution < -0.4 is 0 Å². The van der Waals surface area contributed by atoms with Crippen molar-refractivity contribution in [2.45, 2.75) is 25.7 Å². The van der Waals surface area contributed by atoms with Crippen LogP contribution in [0.2, 0.25) is 0 Å². The number of rotatable bonds is 2. The van der Waals surface area contributed by atoms with Crippen molar-refractivity contribution in [2.75, 3.05) is 13.2 Å². The van der Waals surface area contributed by atoms with E-state index < -0.39 is 0 Å². The standard InChI is InChI=1S/C13H16O2/c1-10(14)11-2-4-12(5-3-11)13-6-8-15-9-7-13/h2-5,13H,6-9H2,1H3. The van der Waals surface area contributed by atoms with E-state index in [2.05, 4.69) is 12.1 Å². The van der Waals surface area contributed by atoms with E-state index in [0.29, 0.717) is 5.92 Å². The topological polar surface area (TPSA) is 26.3 Å². The average Bonchev–Trinajstić information content (AvgIpc) is 2.30. The molecule has 1 aliphatic heterocycles. The van der Waals surface area contributed by atoms with E-state index in [1.54, 1.807) is 6.92 Å². The summed E-state index contributed by atoms with van der Waals surface area (Å²) in [6.45, 7) is 3.32. The molecule has 2 heteroatoms. The third kappa shape index (κ3) is 2.45. The summed E-state index contributed by atoms with van der Waals surface area (Å²) in [7, 11) is 0. The zero-order chi connectivity index (χ0) is 10.7. The molecule has 2 nitrogen and oxygen atoms in total. The largest absolute Gasteiger partial charge is 0.381 e. The molecule has 1 aromatic carbocycles. The summed E-state index contributed by atoms with van der Waals surface area (Å²) in [4.78, 5) is 11.1. The number of ether oxygens (including phenoxy) is 1. The second-order valence-corrected chi connectivity index (χ2v) is 4.06. The van der Waals surface area contributed by atoms with Crippen molar-refractivity contribution >= 4 is 5.78 Å². The molecule has 0 unspecified atom stereocenters. The lowest BCUT2D eigenvalue weighted by Crippen LogP contribution is -2.14. The van der Waals surface area contributed by atoms with Gasteiger partial charge in [0, 0.05) is 18.8 Å². The van der Waals surface area contributed by atoms with Crippen LogP contribution >= 0.6 is 0 Å². The van der Waals surface area contributed by atoms with Gasteiger partial charge in [0.2, 0.25) is 0 Å². The maximum atomic E-state index is 11.1. The highest BCUT2D eigenvalue weighted by molar-refractivity contribution is 5.94. The van der Waals surface area contributed by atoms with Crippen molar-refractivity contribution in [1.82, 2.24) is 0 Å². The van der Waals surface area contributed by atoms with Crippen molar-refractivity contribution in [3.05, 3.63) is 35.4 Å². The van der Waals surface area contributed by atoms with Crippen molar-refractivity contribution in [3.63, 3.8) is 0 Å². The first-order chi connectivity index (χ1) is 7.27. The molecule has 0 aromatic heterocycles. The third-order valence-corrected chi connectivity index (χ3v) is 3.01. The van der Waals surface area contributed by atoms with E-state index in [0.717, 1.165) is 31.6 Å². The summed E-state index contributed by atoms with van der Waals surface area (Å²) in [5.41, 5.74) is 2.13. The molecule has 0 radical (unpaired) electrons. The maximum absolute atomic E-state index is 11.1. The van der Waals surface area contributed by atoms with Gasteiger partial charge in [-0.25, -0.2) is 0 Å². The van der Waals surface area contributed by atoms with Gasteiger partial charge in [-0.3, -0.25) is 4.79 Å². The molecule has 0 atom stereocenters. The second kappa shape index (κ2) is 4.58. The van der Waals surface area contributed by atoms with Crippen LogP contribution in [0.15, 0.2) is 24.3 Å². The first kappa shape index (κ1) is 10.4. The van der Waals surface area contributed by atoms with Gasteiger partial charge in [-0.05, 0) is 31.2 Å². The van der Waals surface area contributed by atoms with Crippen LogP contribution in [0.3, 0.4) is 0 Å². The van der Waals surface area contributed by atoms with Crippen molar-refractivity contribution in [1.29, 1.82) is 0 Å². The highest BCUT2D eigenvalue weighted by atomic mass is 16.5. The van der Waals surface area contributed by atoms with Gasteiger partial charge in [0.15, 0.2) is 5.78 Å². The predicted molar refractivity (Wildman–Crippen MR) is 59.2 cm³/mol. The molecule has 0 aliphatic carbocycles. The van der Waals surface area contributed by atoms with Crippen molar-refractivity contribution < 1.29 is 9.53 Å². The highest BCUT2D eigenvalue weighted by Crippen LogP contribution is 2.26. The smallest absolute Gasteiger partial charge is 0.159 e. The Morgan fingerprint density at radius 3 is 2.33 bits per heavy atom. The van der Waals surface area contributed by atoms with Gasteiger partial charge in [0.25, 0.3) is 0 Å². The molecule has 2 rings (SSSR count). The summed E-state index contributed by atoms with van der Waals surface area (Å²) >= 11 is 0. The Labute approximate surface area is 90.3 Å². The fraction of sp³-hybridized carbons (Fsp3) is 0.462. The van der Waals surface area contributed by atoms with E-state index in [1.165, 1.54) is 5.56 Å². The molecule has 15 heavy (non-hydrogen) atoms. The van der Waals surface area contributed by atoms with Crippen LogP contribution in [0.25, 0.3) is 0 Å². The summed E-state index contributed by atoms with van der Waals surface area (Å²) < 4.78 is 5.33. The number of hydrogen-bond acceptors (Lipinski definition) is 2. The van der Waals surface area contributed by atoms with Crippen LogP contribution in [-0.4, -0.2) is 19.0 Å². The Balaban J connectivity index is 2.11. The molecule has 80 valence electrons. The van der Waals surface area contributed by atoms with Gasteiger partial charge in [0.05, 0.1) is 0 Å². The fourth-order valence-electron chi connectivity index (χ4n) is 2.02. The molecular formula is C13H16O2. The molecular weight excluding hydrogens is 188 g/mol. The second-order valence-electron chi connectivity index (χ2n) is 4.06. The van der Waals surface area contributed by atoms with Gasteiger partial charge in [-0.15, -0.1) is 0 Å². The number of ketones is 1. The number of benzene rings is 1. The lowest BCUT2D eigenvalue weighted by atomic mass is 9.91. The zero-order valence-corrected chi connectivity index (χ0v) is 9.03. The van der Waals surface area contributed by atoms with E-state index >= 15 is 0 Å². The molecule has 0 bridgehead atoms. The number of carbonyl (C=O) groups excluding carboxylic acids is 1. The highest BCUT2D eigenvalue weighted by Gasteiger charge is 2.15. The SMILES string of the molecule is CC(=O)c1ccc(C2CCOCC2)cc1. The van der Waals surface area contributed by atoms with Gasteiger partial charge in [-0.1, -0.05) is 24.3 Å². The monoisotopic (exact) mass is 204 g/mol. The Hall–Kier alpha value is -1.15. The molecule has 0 saturated carbocycles. The Bertz CT molecular complexity index is 334. The fourth-order valence-corrected chi connectivity index (χ4v) is 2.02. The molecule has 1 aliphatic rings. The van der Waals surface area contributed by atoms with Gasteiger partial charge >= 0.3 is 0 Å². The molecule has 1 saturated heterocycles. The number of carbonyl (C=O) groups is 1. The maximum Gasteiger partial charge on any atom is 0.159 e. The quantitative estimate of drug-likeness (QED) is 0.692. The van der Waals surface area contributed by atoms with Crippen LogP contribution in [0, 0.1) is 0 Å². The molecule has 1 heterocycles. The summed E-state index contributed by atoms with van der Waals surface area (Å²) in [5, 5.41) is 0. The minimum atomic E-state index is 0.133. The summed E-state index contributed by atoms with van der Waals surface area (Å²) in [6, 6.07) is 8.00. The van der Waals surface area contributed by atoms with Crippen LogP contribution in [0.4, 0.5) is 0 Å².